The van der Waals surface area contributed by atoms with E-state index in [1.165, 1.54) is 0 Å². The molecule has 0 radical (unpaired) electrons. The van der Waals surface area contributed by atoms with Gasteiger partial charge in [-0.15, -0.1) is 0 Å². The third-order valence-electron chi connectivity index (χ3n) is 5.86. The van der Waals surface area contributed by atoms with Gasteiger partial charge in [0.05, 0.1) is 5.56 Å². The number of rotatable bonds is 7. The number of hydrogen-bond donors (Lipinski definition) is 3. The Morgan fingerprint density at radius 1 is 1.15 bits per heavy atom. The van der Waals surface area contributed by atoms with E-state index >= 15 is 0 Å². The van der Waals surface area contributed by atoms with Crippen LogP contribution in [-0.2, 0) is 11.2 Å². The zero-order chi connectivity index (χ0) is 24.2. The lowest BCUT2D eigenvalue weighted by Gasteiger charge is -2.10. The van der Waals surface area contributed by atoms with Gasteiger partial charge in [0.25, 0.3) is 5.91 Å². The number of carbonyl (C=O) groups excluding carboxylic acids is 1. The van der Waals surface area contributed by atoms with Gasteiger partial charge in [-0.05, 0) is 73.9 Å². The number of para-hydroxylation sites is 1. The molecule has 4 aromatic rings. The van der Waals surface area contributed by atoms with E-state index in [0.717, 1.165) is 39.1 Å². The van der Waals surface area contributed by atoms with Gasteiger partial charge < -0.3 is 20.0 Å². The average Bonchev–Trinajstić information content (AvgIpc) is 3.37. The maximum absolute atomic E-state index is 12.7. The van der Waals surface area contributed by atoms with Crippen molar-refractivity contribution >= 4 is 28.9 Å². The molecule has 0 unspecified atom stereocenters. The van der Waals surface area contributed by atoms with E-state index in [1.807, 2.05) is 61.0 Å². The van der Waals surface area contributed by atoms with Gasteiger partial charge in [0.1, 0.15) is 11.6 Å². The molecule has 0 aliphatic carbocycles. The molecule has 0 saturated heterocycles. The van der Waals surface area contributed by atoms with Gasteiger partial charge in [-0.2, -0.15) is 5.26 Å². The quantitative estimate of drug-likeness (QED) is 0.282. The van der Waals surface area contributed by atoms with Crippen LogP contribution in [0.2, 0.25) is 0 Å². The Kier molecular flexibility index (Phi) is 6.33. The van der Waals surface area contributed by atoms with E-state index in [9.17, 15) is 14.9 Å². The van der Waals surface area contributed by atoms with Crippen molar-refractivity contribution in [2.24, 2.45) is 0 Å². The number of aromatic carboxylic acids is 1. The number of aryl methyl sites for hydroxylation is 1. The Morgan fingerprint density at radius 2 is 1.88 bits per heavy atom. The first-order valence-electron chi connectivity index (χ1n) is 10.9. The van der Waals surface area contributed by atoms with Crippen LogP contribution in [0.1, 0.15) is 32.9 Å². The summed E-state index contributed by atoms with van der Waals surface area (Å²) < 4.78 is 1.96. The number of nitriles is 1. The van der Waals surface area contributed by atoms with E-state index in [0.29, 0.717) is 13.0 Å². The molecule has 7 heteroatoms. The average molecular weight is 453 g/mol. The van der Waals surface area contributed by atoms with Crippen LogP contribution in [0.25, 0.3) is 22.7 Å². The molecule has 0 aliphatic rings. The Balaban J connectivity index is 1.49. The second kappa shape index (κ2) is 9.51. The maximum atomic E-state index is 12.7. The Hall–Kier alpha value is -4.57. The van der Waals surface area contributed by atoms with E-state index in [1.54, 1.807) is 30.3 Å². The number of carbonyl (C=O) groups is 2. The molecule has 34 heavy (non-hydrogen) atoms. The molecule has 2 heterocycles. The summed E-state index contributed by atoms with van der Waals surface area (Å²) in [4.78, 5) is 27.0. The molecule has 0 spiro atoms. The molecule has 170 valence electrons. The predicted octanol–water partition coefficient (Wildman–Crippen LogP) is 4.54. The number of H-pyrrole nitrogens is 1. The number of carboxylic acid groups (broad SMARTS) is 1. The third kappa shape index (κ3) is 4.48. The topological polar surface area (TPSA) is 111 Å². The number of fused-ring (bicyclic) bond motifs is 1. The lowest BCUT2D eigenvalue weighted by atomic mass is 10.1. The summed E-state index contributed by atoms with van der Waals surface area (Å²) >= 11 is 0. The lowest BCUT2D eigenvalue weighted by molar-refractivity contribution is -0.117. The first-order chi connectivity index (χ1) is 16.4. The number of aromatic amines is 1. The first-order valence-corrected chi connectivity index (χ1v) is 10.9. The minimum absolute atomic E-state index is 0.0281. The molecular weight excluding hydrogens is 428 g/mol. The van der Waals surface area contributed by atoms with Gasteiger partial charge in [-0.1, -0.05) is 18.2 Å². The highest BCUT2D eigenvalue weighted by Crippen LogP contribution is 2.23. The summed E-state index contributed by atoms with van der Waals surface area (Å²) in [5.41, 5.74) is 5.71. The second-order valence-electron chi connectivity index (χ2n) is 8.05. The molecular formula is C27H24N4O3. The van der Waals surface area contributed by atoms with Gasteiger partial charge in [-0.25, -0.2) is 4.79 Å². The minimum atomic E-state index is -0.981. The number of hydrogen-bond acceptors (Lipinski definition) is 3. The second-order valence-corrected chi connectivity index (χ2v) is 8.05. The molecule has 7 nitrogen and oxygen atoms in total. The van der Waals surface area contributed by atoms with E-state index in [2.05, 4.69) is 10.3 Å². The fraction of sp³-hybridized carbons (Fsp3) is 0.148. The smallest absolute Gasteiger partial charge is 0.335 e. The molecule has 0 saturated carbocycles. The number of benzene rings is 2. The number of nitrogens with one attached hydrogen (secondary N) is 2. The van der Waals surface area contributed by atoms with Gasteiger partial charge in [0.2, 0.25) is 0 Å². The normalized spacial score (nSPS) is 11.4. The van der Waals surface area contributed by atoms with Gasteiger partial charge in [0.15, 0.2) is 0 Å². The Morgan fingerprint density at radius 3 is 2.59 bits per heavy atom. The van der Waals surface area contributed by atoms with Crippen molar-refractivity contribution in [3.8, 4) is 11.8 Å². The van der Waals surface area contributed by atoms with E-state index in [-0.39, 0.29) is 11.1 Å². The summed E-state index contributed by atoms with van der Waals surface area (Å²) in [6, 6.07) is 18.5. The van der Waals surface area contributed by atoms with Crippen LogP contribution in [0, 0.1) is 25.2 Å². The number of amides is 1. The molecule has 2 aromatic heterocycles. The van der Waals surface area contributed by atoms with Crippen molar-refractivity contribution < 1.29 is 14.7 Å². The zero-order valence-electron chi connectivity index (χ0n) is 18.9. The highest BCUT2D eigenvalue weighted by Gasteiger charge is 2.14. The first kappa shape index (κ1) is 22.6. The van der Waals surface area contributed by atoms with Gasteiger partial charge in [-0.3, -0.25) is 4.79 Å². The number of carboxylic acids is 1. The van der Waals surface area contributed by atoms with Crippen molar-refractivity contribution in [1.82, 2.24) is 14.9 Å². The van der Waals surface area contributed by atoms with Crippen LogP contribution in [-0.4, -0.2) is 33.1 Å². The summed E-state index contributed by atoms with van der Waals surface area (Å²) in [6.07, 6.45) is 4.18. The van der Waals surface area contributed by atoms with Crippen molar-refractivity contribution in [2.75, 3.05) is 6.54 Å². The molecule has 0 atom stereocenters. The highest BCUT2D eigenvalue weighted by molar-refractivity contribution is 6.01. The van der Waals surface area contributed by atoms with Gasteiger partial charge >= 0.3 is 5.97 Å². The minimum Gasteiger partial charge on any atom is -0.478 e. The van der Waals surface area contributed by atoms with E-state index < -0.39 is 11.9 Å². The molecule has 3 N–H and O–H groups in total. The molecule has 0 bridgehead atoms. The van der Waals surface area contributed by atoms with Crippen LogP contribution in [0.5, 0.6) is 0 Å². The van der Waals surface area contributed by atoms with Crippen LogP contribution in [0.4, 0.5) is 0 Å². The number of aromatic nitrogens is 2. The molecule has 2 aromatic carbocycles. The Bertz CT molecular complexity index is 1450. The highest BCUT2D eigenvalue weighted by atomic mass is 16.4. The molecule has 0 fully saturated rings. The fourth-order valence-corrected chi connectivity index (χ4v) is 4.13. The van der Waals surface area contributed by atoms with Gasteiger partial charge in [0, 0.05) is 40.7 Å². The monoisotopic (exact) mass is 452 g/mol. The van der Waals surface area contributed by atoms with Crippen LogP contribution in [0.3, 0.4) is 0 Å². The van der Waals surface area contributed by atoms with E-state index in [4.69, 9.17) is 5.11 Å². The lowest BCUT2D eigenvalue weighted by Crippen LogP contribution is -2.26. The summed E-state index contributed by atoms with van der Waals surface area (Å²) in [5, 5.41) is 22.7. The summed E-state index contributed by atoms with van der Waals surface area (Å²) in [5.74, 6) is -1.40. The SMILES string of the molecule is Cc1cc(/C=C(/C#N)C(=O)NCCc2c[nH]c3ccccc23)c(C)n1-c1ccc(C(=O)O)cc1. The predicted molar refractivity (Wildman–Crippen MR) is 131 cm³/mol. The number of nitrogens with zero attached hydrogens (tertiary/aromatic N) is 2. The third-order valence-corrected chi connectivity index (χ3v) is 5.86. The largest absolute Gasteiger partial charge is 0.478 e. The van der Waals surface area contributed by atoms with Crippen LogP contribution in [0.15, 0.2) is 66.4 Å². The van der Waals surface area contributed by atoms with Crippen molar-refractivity contribution in [3.63, 3.8) is 0 Å². The van der Waals surface area contributed by atoms with Crippen molar-refractivity contribution in [2.45, 2.75) is 20.3 Å². The summed E-state index contributed by atoms with van der Waals surface area (Å²) in [7, 11) is 0. The van der Waals surface area contributed by atoms with Crippen molar-refractivity contribution in [3.05, 3.63) is 94.4 Å². The summed E-state index contributed by atoms with van der Waals surface area (Å²) in [6.45, 7) is 4.23. The van der Waals surface area contributed by atoms with Crippen molar-refractivity contribution in [1.29, 1.82) is 5.26 Å². The Labute approximate surface area is 197 Å². The molecule has 4 rings (SSSR count). The van der Waals surface area contributed by atoms with Crippen LogP contribution < -0.4 is 5.32 Å². The molecule has 1 amide bonds. The standard InChI is InChI=1S/C27H24N4O3/c1-17-13-21(18(2)31(17)23-9-7-19(8-10-23)27(33)34)14-22(15-28)26(32)29-12-11-20-16-30-25-6-4-3-5-24(20)25/h3-10,13-14,16,30H,11-12H2,1-2H3,(H,29,32)(H,33,34)/b22-14-. The zero-order valence-corrected chi connectivity index (χ0v) is 18.9. The van der Waals surface area contributed by atoms with Crippen LogP contribution >= 0.6 is 0 Å². The molecule has 0 aliphatic heterocycles. The fourth-order valence-electron chi connectivity index (χ4n) is 4.13. The maximum Gasteiger partial charge on any atom is 0.335 e.